The van der Waals surface area contributed by atoms with Crippen LogP contribution in [0.5, 0.6) is 0 Å². The van der Waals surface area contributed by atoms with Crippen molar-refractivity contribution in [3.8, 4) is 0 Å². The molecule has 0 aliphatic carbocycles. The van der Waals surface area contributed by atoms with Gasteiger partial charge in [-0.15, -0.1) is 0 Å². The Kier molecular flexibility index (Phi) is 3.37. The summed E-state index contributed by atoms with van der Waals surface area (Å²) in [6.45, 7) is 5.78. The van der Waals surface area contributed by atoms with E-state index in [1.54, 1.807) is 4.52 Å². The van der Waals surface area contributed by atoms with Gasteiger partial charge in [0.1, 0.15) is 12.1 Å². The number of nitrogens with zero attached hydrogens (tertiary/aromatic N) is 4. The van der Waals surface area contributed by atoms with Crippen LogP contribution in [-0.2, 0) is 4.79 Å². The highest BCUT2D eigenvalue weighted by atomic mass is 16.4. The van der Waals surface area contributed by atoms with E-state index in [0.717, 1.165) is 11.5 Å². The van der Waals surface area contributed by atoms with Gasteiger partial charge in [-0.3, -0.25) is 4.79 Å². The number of hydrogen-bond donors (Lipinski definition) is 2. The lowest BCUT2D eigenvalue weighted by atomic mass is 9.98. The van der Waals surface area contributed by atoms with Crippen molar-refractivity contribution in [1.29, 1.82) is 0 Å². The van der Waals surface area contributed by atoms with E-state index in [1.807, 2.05) is 26.8 Å². The highest BCUT2D eigenvalue weighted by Crippen LogP contribution is 2.20. The maximum atomic E-state index is 10.7. The minimum Gasteiger partial charge on any atom is -0.481 e. The van der Waals surface area contributed by atoms with Gasteiger partial charge in [0.25, 0.3) is 5.78 Å². The second-order valence-electron chi connectivity index (χ2n) is 5.16. The maximum absolute atomic E-state index is 10.7. The lowest BCUT2D eigenvalue weighted by molar-refractivity contribution is -0.137. The van der Waals surface area contributed by atoms with E-state index < -0.39 is 5.97 Å². The van der Waals surface area contributed by atoms with Crippen LogP contribution in [0.4, 0.5) is 5.82 Å². The van der Waals surface area contributed by atoms with Crippen molar-refractivity contribution in [2.75, 3.05) is 5.32 Å². The zero-order valence-electron chi connectivity index (χ0n) is 11.2. The number of carbonyl (C=O) groups is 1. The normalized spacial score (nSPS) is 11.7. The number of anilines is 1. The number of nitrogens with one attached hydrogen (secondary N) is 1. The molecule has 19 heavy (non-hydrogen) atoms. The first-order chi connectivity index (χ1) is 8.87. The molecule has 7 nitrogen and oxygen atoms in total. The summed E-state index contributed by atoms with van der Waals surface area (Å²) in [6, 6.07) is 1.87. The molecular formula is C12H17N5O2. The first-order valence-electron chi connectivity index (χ1n) is 6.05. The Bertz CT molecular complexity index is 605. The minimum absolute atomic E-state index is 0.116. The van der Waals surface area contributed by atoms with E-state index in [9.17, 15) is 4.79 Å². The Balaban J connectivity index is 2.24. The van der Waals surface area contributed by atoms with E-state index in [2.05, 4.69) is 20.4 Å². The molecule has 2 aromatic rings. The fourth-order valence-electron chi connectivity index (χ4n) is 1.85. The van der Waals surface area contributed by atoms with Crippen LogP contribution in [0.25, 0.3) is 5.78 Å². The van der Waals surface area contributed by atoms with Crippen LogP contribution in [0.3, 0.4) is 0 Å². The summed E-state index contributed by atoms with van der Waals surface area (Å²) in [5.41, 5.74) is 0.474. The van der Waals surface area contributed by atoms with Crippen LogP contribution < -0.4 is 5.32 Å². The smallest absolute Gasteiger partial charge is 0.303 e. The molecule has 0 saturated carbocycles. The molecule has 0 bridgehead atoms. The van der Waals surface area contributed by atoms with Crippen LogP contribution in [0, 0.1) is 6.92 Å². The lowest BCUT2D eigenvalue weighted by Crippen LogP contribution is -2.32. The molecule has 0 aromatic carbocycles. The van der Waals surface area contributed by atoms with Gasteiger partial charge < -0.3 is 10.4 Å². The SMILES string of the molecule is Cc1cc(NC(C)(C)CCC(=O)O)n2ncnc2n1. The molecule has 0 aliphatic rings. The fourth-order valence-corrected chi connectivity index (χ4v) is 1.85. The summed E-state index contributed by atoms with van der Waals surface area (Å²) in [7, 11) is 0. The fraction of sp³-hybridized carbons (Fsp3) is 0.500. The second-order valence-corrected chi connectivity index (χ2v) is 5.16. The van der Waals surface area contributed by atoms with Crippen molar-refractivity contribution in [1.82, 2.24) is 19.6 Å². The third-order valence-corrected chi connectivity index (χ3v) is 2.81. The van der Waals surface area contributed by atoms with Crippen molar-refractivity contribution in [3.63, 3.8) is 0 Å². The van der Waals surface area contributed by atoms with Crippen LogP contribution in [-0.4, -0.2) is 36.2 Å². The van der Waals surface area contributed by atoms with Gasteiger partial charge >= 0.3 is 5.97 Å². The Morgan fingerprint density at radius 1 is 1.53 bits per heavy atom. The number of rotatable bonds is 5. The number of fused-ring (bicyclic) bond motifs is 1. The molecule has 0 radical (unpaired) electrons. The quantitative estimate of drug-likeness (QED) is 0.849. The van der Waals surface area contributed by atoms with E-state index in [4.69, 9.17) is 5.11 Å². The standard InChI is InChI=1S/C12H17N5O2/c1-8-6-9(17-11(15-8)13-7-14-17)16-12(2,3)5-4-10(18)19/h6-7,16H,4-5H2,1-3H3,(H,18,19). The minimum atomic E-state index is -0.799. The zero-order valence-corrected chi connectivity index (χ0v) is 11.2. The zero-order chi connectivity index (χ0) is 14.0. The van der Waals surface area contributed by atoms with Crippen LogP contribution in [0.1, 0.15) is 32.4 Å². The average Bonchev–Trinajstić information content (AvgIpc) is 2.74. The topological polar surface area (TPSA) is 92.4 Å². The number of hydrogen-bond acceptors (Lipinski definition) is 5. The molecule has 0 amide bonds. The summed E-state index contributed by atoms with van der Waals surface area (Å²) >= 11 is 0. The summed E-state index contributed by atoms with van der Waals surface area (Å²) in [6.07, 6.45) is 2.07. The van der Waals surface area contributed by atoms with E-state index >= 15 is 0 Å². The van der Waals surface area contributed by atoms with E-state index in [1.165, 1.54) is 6.33 Å². The molecule has 0 atom stereocenters. The molecule has 0 aliphatic heterocycles. The Labute approximate surface area is 110 Å². The first-order valence-corrected chi connectivity index (χ1v) is 6.05. The molecule has 0 saturated heterocycles. The molecule has 2 rings (SSSR count). The number of aliphatic carboxylic acids is 1. The van der Waals surface area contributed by atoms with Crippen molar-refractivity contribution < 1.29 is 9.90 Å². The van der Waals surface area contributed by atoms with Crippen LogP contribution in [0.2, 0.25) is 0 Å². The molecule has 2 N–H and O–H groups in total. The second kappa shape index (κ2) is 4.83. The Morgan fingerprint density at radius 2 is 2.26 bits per heavy atom. The molecule has 102 valence electrons. The predicted molar refractivity (Wildman–Crippen MR) is 70.1 cm³/mol. The molecule has 0 fully saturated rings. The Hall–Kier alpha value is -2.18. The largest absolute Gasteiger partial charge is 0.481 e. The summed E-state index contributed by atoms with van der Waals surface area (Å²) in [5, 5.41) is 16.2. The Morgan fingerprint density at radius 3 is 2.95 bits per heavy atom. The summed E-state index contributed by atoms with van der Waals surface area (Å²) in [4.78, 5) is 19.0. The van der Waals surface area contributed by atoms with Gasteiger partial charge in [0, 0.05) is 23.7 Å². The maximum Gasteiger partial charge on any atom is 0.303 e. The third-order valence-electron chi connectivity index (χ3n) is 2.81. The van der Waals surface area contributed by atoms with E-state index in [0.29, 0.717) is 12.2 Å². The predicted octanol–water partition coefficient (Wildman–Crippen LogP) is 1.49. The number of carboxylic acids is 1. The number of aromatic nitrogens is 4. The van der Waals surface area contributed by atoms with Crippen molar-refractivity contribution in [2.45, 2.75) is 39.2 Å². The number of carboxylic acid groups (broad SMARTS) is 1. The average molecular weight is 263 g/mol. The molecule has 0 unspecified atom stereocenters. The monoisotopic (exact) mass is 263 g/mol. The van der Waals surface area contributed by atoms with Gasteiger partial charge in [0.15, 0.2) is 0 Å². The molecular weight excluding hydrogens is 246 g/mol. The summed E-state index contributed by atoms with van der Waals surface area (Å²) in [5.74, 6) is 0.485. The van der Waals surface area contributed by atoms with E-state index in [-0.39, 0.29) is 12.0 Å². The molecule has 7 heteroatoms. The van der Waals surface area contributed by atoms with Gasteiger partial charge in [-0.2, -0.15) is 14.6 Å². The number of aryl methyl sites for hydroxylation is 1. The molecule has 2 heterocycles. The van der Waals surface area contributed by atoms with Crippen LogP contribution in [0.15, 0.2) is 12.4 Å². The third kappa shape index (κ3) is 3.18. The molecule has 0 spiro atoms. The van der Waals surface area contributed by atoms with Crippen molar-refractivity contribution in [3.05, 3.63) is 18.1 Å². The lowest BCUT2D eigenvalue weighted by Gasteiger charge is -2.27. The van der Waals surface area contributed by atoms with Gasteiger partial charge in [-0.05, 0) is 27.2 Å². The highest BCUT2D eigenvalue weighted by Gasteiger charge is 2.20. The van der Waals surface area contributed by atoms with Gasteiger partial charge in [-0.1, -0.05) is 0 Å². The van der Waals surface area contributed by atoms with Gasteiger partial charge in [-0.25, -0.2) is 4.98 Å². The first kappa shape index (κ1) is 13.3. The highest BCUT2D eigenvalue weighted by molar-refractivity contribution is 5.66. The van der Waals surface area contributed by atoms with Crippen molar-refractivity contribution >= 4 is 17.6 Å². The molecule has 2 aromatic heterocycles. The van der Waals surface area contributed by atoms with Gasteiger partial charge in [0.05, 0.1) is 0 Å². The van der Waals surface area contributed by atoms with Gasteiger partial charge in [0.2, 0.25) is 0 Å². The van der Waals surface area contributed by atoms with Crippen LogP contribution >= 0.6 is 0 Å². The summed E-state index contributed by atoms with van der Waals surface area (Å²) < 4.78 is 1.61. The van der Waals surface area contributed by atoms with Crippen molar-refractivity contribution in [2.24, 2.45) is 0 Å².